The van der Waals surface area contributed by atoms with Gasteiger partial charge in [-0.3, -0.25) is 5.32 Å². The fraction of sp³-hybridized carbons (Fsp3) is 0.750. The van der Waals surface area contributed by atoms with Gasteiger partial charge in [0.25, 0.3) is 0 Å². The predicted octanol–water partition coefficient (Wildman–Crippen LogP) is 1.23. The van der Waals surface area contributed by atoms with Gasteiger partial charge in [-0.1, -0.05) is 0 Å². The average Bonchev–Trinajstić information content (AvgIpc) is 2.13. The lowest BCUT2D eigenvalue weighted by Gasteiger charge is -2.19. The molecule has 0 aromatic heterocycles. The van der Waals surface area contributed by atoms with Crippen LogP contribution in [0.4, 0.5) is 18.0 Å². The molecule has 0 bridgehead atoms. The second kappa shape index (κ2) is 6.19. The van der Waals surface area contributed by atoms with Gasteiger partial charge >= 0.3 is 18.2 Å². The molecule has 8 heteroatoms. The van der Waals surface area contributed by atoms with Gasteiger partial charge in [0.1, 0.15) is 0 Å². The van der Waals surface area contributed by atoms with Crippen LogP contribution in [0.5, 0.6) is 0 Å². The number of esters is 1. The van der Waals surface area contributed by atoms with Crippen LogP contribution in [0.25, 0.3) is 0 Å². The Labute approximate surface area is 89.9 Å². The summed E-state index contributed by atoms with van der Waals surface area (Å²) in [5, 5.41) is 1.38. The summed E-state index contributed by atoms with van der Waals surface area (Å²) in [6, 6.07) is -2.70. The predicted molar refractivity (Wildman–Crippen MR) is 46.6 cm³/mol. The van der Waals surface area contributed by atoms with Crippen molar-refractivity contribution in [2.24, 2.45) is 0 Å². The molecule has 0 aliphatic carbocycles. The number of hydrogen-bond acceptors (Lipinski definition) is 4. The number of amides is 1. The fourth-order valence-electron chi connectivity index (χ4n) is 0.791. The molecule has 16 heavy (non-hydrogen) atoms. The van der Waals surface area contributed by atoms with E-state index in [-0.39, 0.29) is 13.2 Å². The Morgan fingerprint density at radius 3 is 2.06 bits per heavy atom. The van der Waals surface area contributed by atoms with E-state index in [0.717, 1.165) is 0 Å². The molecule has 94 valence electrons. The Morgan fingerprint density at radius 2 is 1.69 bits per heavy atom. The Kier molecular flexibility index (Phi) is 5.62. The monoisotopic (exact) mass is 243 g/mol. The van der Waals surface area contributed by atoms with E-state index in [0.29, 0.717) is 0 Å². The van der Waals surface area contributed by atoms with Gasteiger partial charge in [-0.2, -0.15) is 13.2 Å². The molecule has 0 aromatic rings. The summed E-state index contributed by atoms with van der Waals surface area (Å²) in [6.45, 7) is 2.47. The van der Waals surface area contributed by atoms with Crippen LogP contribution < -0.4 is 5.32 Å². The van der Waals surface area contributed by atoms with Crippen molar-refractivity contribution in [3.63, 3.8) is 0 Å². The Hall–Kier alpha value is -1.47. The number of hydrogen-bond donors (Lipinski definition) is 1. The summed E-state index contributed by atoms with van der Waals surface area (Å²) in [6.07, 6.45) is -6.24. The van der Waals surface area contributed by atoms with Gasteiger partial charge in [0.15, 0.2) is 0 Å². The van der Waals surface area contributed by atoms with E-state index in [1.807, 2.05) is 0 Å². The zero-order valence-corrected chi connectivity index (χ0v) is 8.76. The van der Waals surface area contributed by atoms with E-state index >= 15 is 0 Å². The minimum Gasteiger partial charge on any atom is -0.464 e. The minimum atomic E-state index is -4.92. The van der Waals surface area contributed by atoms with Crippen LogP contribution in [0.15, 0.2) is 0 Å². The van der Waals surface area contributed by atoms with Crippen molar-refractivity contribution < 1.29 is 32.2 Å². The van der Waals surface area contributed by atoms with Crippen LogP contribution >= 0.6 is 0 Å². The lowest BCUT2D eigenvalue weighted by Crippen LogP contribution is -2.51. The summed E-state index contributed by atoms with van der Waals surface area (Å²) in [7, 11) is 0. The minimum absolute atomic E-state index is 0.0980. The fourth-order valence-corrected chi connectivity index (χ4v) is 0.791. The molecule has 0 aliphatic rings. The van der Waals surface area contributed by atoms with E-state index in [1.54, 1.807) is 0 Å². The molecule has 1 unspecified atom stereocenters. The first-order valence-corrected chi connectivity index (χ1v) is 4.49. The van der Waals surface area contributed by atoms with E-state index in [4.69, 9.17) is 0 Å². The second-order valence-corrected chi connectivity index (χ2v) is 2.59. The molecule has 0 saturated heterocycles. The summed E-state index contributed by atoms with van der Waals surface area (Å²) in [5.74, 6) is -1.57. The highest BCUT2D eigenvalue weighted by molar-refractivity contribution is 5.82. The molecular formula is C8H12F3NO4. The first-order chi connectivity index (χ1) is 7.32. The van der Waals surface area contributed by atoms with Crippen molar-refractivity contribution >= 4 is 12.1 Å². The van der Waals surface area contributed by atoms with Crippen molar-refractivity contribution in [2.45, 2.75) is 26.1 Å². The molecule has 1 atom stereocenters. The van der Waals surface area contributed by atoms with Gasteiger partial charge in [0.05, 0.1) is 13.2 Å². The summed E-state index contributed by atoms with van der Waals surface area (Å²) < 4.78 is 45.4. The van der Waals surface area contributed by atoms with Crippen molar-refractivity contribution in [1.82, 2.24) is 5.32 Å². The van der Waals surface area contributed by atoms with Crippen LogP contribution in [-0.2, 0) is 14.3 Å². The standard InChI is InChI=1S/C8H12F3NO4/c1-3-15-6(13)5(8(9,10)11)12-7(14)16-4-2/h5H,3-4H2,1-2H3,(H,12,14). The molecule has 1 N–H and O–H groups in total. The first-order valence-electron chi connectivity index (χ1n) is 4.49. The van der Waals surface area contributed by atoms with E-state index in [2.05, 4.69) is 9.47 Å². The summed E-state index contributed by atoms with van der Waals surface area (Å²) >= 11 is 0. The number of nitrogens with one attached hydrogen (secondary N) is 1. The van der Waals surface area contributed by atoms with Gasteiger partial charge in [0, 0.05) is 0 Å². The van der Waals surface area contributed by atoms with Crippen molar-refractivity contribution in [2.75, 3.05) is 13.2 Å². The van der Waals surface area contributed by atoms with Gasteiger partial charge < -0.3 is 9.47 Å². The first kappa shape index (κ1) is 14.5. The van der Waals surface area contributed by atoms with Crippen molar-refractivity contribution in [3.05, 3.63) is 0 Å². The molecule has 0 rings (SSSR count). The number of ether oxygens (including phenoxy) is 2. The number of halogens is 3. The third-order valence-electron chi connectivity index (χ3n) is 1.39. The lowest BCUT2D eigenvalue weighted by atomic mass is 10.3. The number of carbonyl (C=O) groups excluding carboxylic acids is 2. The Morgan fingerprint density at radius 1 is 1.19 bits per heavy atom. The molecule has 0 saturated carbocycles. The highest BCUT2D eigenvalue weighted by atomic mass is 19.4. The third kappa shape index (κ3) is 4.85. The topological polar surface area (TPSA) is 64.6 Å². The van der Waals surface area contributed by atoms with Gasteiger partial charge in [0.2, 0.25) is 6.04 Å². The Bertz CT molecular complexity index is 254. The lowest BCUT2D eigenvalue weighted by molar-refractivity contribution is -0.183. The average molecular weight is 243 g/mol. The van der Waals surface area contributed by atoms with E-state index in [1.165, 1.54) is 19.2 Å². The SMILES string of the molecule is CCOC(=O)NC(C(=O)OCC)C(F)(F)F. The maximum atomic E-state index is 12.3. The van der Waals surface area contributed by atoms with E-state index in [9.17, 15) is 22.8 Å². The number of rotatable bonds is 4. The highest BCUT2D eigenvalue weighted by Crippen LogP contribution is 2.21. The molecule has 0 heterocycles. The third-order valence-corrected chi connectivity index (χ3v) is 1.39. The van der Waals surface area contributed by atoms with E-state index < -0.39 is 24.3 Å². The smallest absolute Gasteiger partial charge is 0.419 e. The zero-order valence-electron chi connectivity index (χ0n) is 8.76. The van der Waals surface area contributed by atoms with Crippen LogP contribution in [0.2, 0.25) is 0 Å². The molecule has 0 aromatic carbocycles. The van der Waals surface area contributed by atoms with Gasteiger partial charge in [-0.05, 0) is 13.8 Å². The summed E-state index contributed by atoms with van der Waals surface area (Å²) in [4.78, 5) is 21.7. The molecule has 1 amide bonds. The molecule has 0 spiro atoms. The summed E-state index contributed by atoms with van der Waals surface area (Å²) in [5.41, 5.74) is 0. The molecule has 0 aliphatic heterocycles. The Balaban J connectivity index is 4.57. The van der Waals surface area contributed by atoms with Gasteiger partial charge in [-0.15, -0.1) is 0 Å². The molecule has 0 fully saturated rings. The second-order valence-electron chi connectivity index (χ2n) is 2.59. The maximum absolute atomic E-state index is 12.3. The number of alkyl halides is 3. The molecular weight excluding hydrogens is 231 g/mol. The zero-order chi connectivity index (χ0) is 12.8. The normalized spacial score (nSPS) is 12.8. The van der Waals surface area contributed by atoms with Crippen LogP contribution in [0, 0.1) is 0 Å². The number of carbonyl (C=O) groups is 2. The maximum Gasteiger partial charge on any atom is 0.419 e. The van der Waals surface area contributed by atoms with Crippen molar-refractivity contribution in [3.8, 4) is 0 Å². The highest BCUT2D eigenvalue weighted by Gasteiger charge is 2.47. The quantitative estimate of drug-likeness (QED) is 0.754. The van der Waals surface area contributed by atoms with Crippen LogP contribution in [0.1, 0.15) is 13.8 Å². The number of alkyl carbamates (subject to hydrolysis) is 1. The van der Waals surface area contributed by atoms with Crippen LogP contribution in [0.3, 0.4) is 0 Å². The largest absolute Gasteiger partial charge is 0.464 e. The molecule has 5 nitrogen and oxygen atoms in total. The molecule has 0 radical (unpaired) electrons. The van der Waals surface area contributed by atoms with Crippen molar-refractivity contribution in [1.29, 1.82) is 0 Å². The van der Waals surface area contributed by atoms with Gasteiger partial charge in [-0.25, -0.2) is 9.59 Å². The van der Waals surface area contributed by atoms with Crippen LogP contribution in [-0.4, -0.2) is 37.5 Å².